The predicted octanol–water partition coefficient (Wildman–Crippen LogP) is 2.69. The Bertz CT molecular complexity index is 547. The minimum atomic E-state index is -0.664. The molecule has 6 nitrogen and oxygen atoms in total. The zero-order valence-electron chi connectivity index (χ0n) is 11.3. The molecule has 2 rings (SSSR count). The topological polar surface area (TPSA) is 83.2 Å². The summed E-state index contributed by atoms with van der Waals surface area (Å²) in [5, 5.41) is 16.5. The third-order valence-corrected chi connectivity index (χ3v) is 3.17. The first-order valence-corrected chi connectivity index (χ1v) is 6.66. The van der Waals surface area contributed by atoms with Crippen LogP contribution in [-0.4, -0.2) is 28.2 Å². The summed E-state index contributed by atoms with van der Waals surface area (Å²) in [5.74, 6) is 1.15. The SMILES string of the molecule is CNc1c(Cl)ncnc1NC(C)CC(O)c1ccco1. The Hall–Kier alpha value is -1.79. The standard InChI is InChI=1S/C13H17ClN4O2/c1-8(6-9(19)10-4-3-5-20-10)18-13-11(15-2)12(14)16-7-17-13/h3-5,7-9,15,19H,6H2,1-2H3,(H,16,17,18). The van der Waals surface area contributed by atoms with Gasteiger partial charge in [0.1, 0.15) is 23.9 Å². The highest BCUT2D eigenvalue weighted by Crippen LogP contribution is 2.27. The van der Waals surface area contributed by atoms with Crippen LogP contribution in [0.2, 0.25) is 5.15 Å². The first-order valence-electron chi connectivity index (χ1n) is 6.28. The van der Waals surface area contributed by atoms with Crippen LogP contribution in [0.1, 0.15) is 25.2 Å². The van der Waals surface area contributed by atoms with Gasteiger partial charge in [-0.15, -0.1) is 0 Å². The molecule has 3 N–H and O–H groups in total. The predicted molar refractivity (Wildman–Crippen MR) is 78.0 cm³/mol. The lowest BCUT2D eigenvalue weighted by molar-refractivity contribution is 0.136. The molecule has 0 saturated heterocycles. The lowest BCUT2D eigenvalue weighted by Gasteiger charge is -2.19. The summed E-state index contributed by atoms with van der Waals surface area (Å²) >= 11 is 5.98. The maximum absolute atomic E-state index is 10.0. The van der Waals surface area contributed by atoms with Gasteiger partial charge in [0.25, 0.3) is 0 Å². The molecule has 0 amide bonds. The zero-order valence-corrected chi connectivity index (χ0v) is 12.1. The van der Waals surface area contributed by atoms with Gasteiger partial charge in [-0.25, -0.2) is 9.97 Å². The van der Waals surface area contributed by atoms with Crippen molar-refractivity contribution in [1.29, 1.82) is 0 Å². The summed E-state index contributed by atoms with van der Waals surface area (Å²) in [4.78, 5) is 8.05. The van der Waals surface area contributed by atoms with E-state index in [2.05, 4.69) is 20.6 Å². The van der Waals surface area contributed by atoms with Crippen LogP contribution in [0.4, 0.5) is 11.5 Å². The second-order valence-corrected chi connectivity index (χ2v) is 4.81. The van der Waals surface area contributed by atoms with E-state index in [-0.39, 0.29) is 6.04 Å². The van der Waals surface area contributed by atoms with Crippen LogP contribution in [0.3, 0.4) is 0 Å². The fourth-order valence-corrected chi connectivity index (χ4v) is 2.15. The van der Waals surface area contributed by atoms with E-state index in [1.165, 1.54) is 6.33 Å². The molecule has 0 aliphatic rings. The van der Waals surface area contributed by atoms with Gasteiger partial charge in [0.2, 0.25) is 0 Å². The van der Waals surface area contributed by atoms with Crippen LogP contribution in [0.5, 0.6) is 0 Å². The second kappa shape index (κ2) is 6.58. The van der Waals surface area contributed by atoms with Crippen LogP contribution < -0.4 is 10.6 Å². The molecule has 0 spiro atoms. The third kappa shape index (κ3) is 3.40. The number of nitrogens with one attached hydrogen (secondary N) is 2. The number of anilines is 2. The number of hydrogen-bond acceptors (Lipinski definition) is 6. The van der Waals surface area contributed by atoms with Crippen molar-refractivity contribution >= 4 is 23.1 Å². The first kappa shape index (κ1) is 14.6. The Morgan fingerprint density at radius 2 is 2.25 bits per heavy atom. The van der Waals surface area contributed by atoms with E-state index < -0.39 is 6.10 Å². The van der Waals surface area contributed by atoms with E-state index in [0.29, 0.717) is 28.8 Å². The fraction of sp³-hybridized carbons (Fsp3) is 0.385. The molecular weight excluding hydrogens is 280 g/mol. The monoisotopic (exact) mass is 296 g/mol. The molecule has 7 heteroatoms. The van der Waals surface area contributed by atoms with Crippen molar-refractivity contribution in [3.63, 3.8) is 0 Å². The van der Waals surface area contributed by atoms with Gasteiger partial charge in [0, 0.05) is 19.5 Å². The molecule has 20 heavy (non-hydrogen) atoms. The number of furan rings is 1. The Morgan fingerprint density at radius 1 is 1.45 bits per heavy atom. The number of halogens is 1. The summed E-state index contributed by atoms with van der Waals surface area (Å²) in [6.45, 7) is 1.95. The Balaban J connectivity index is 2.01. The van der Waals surface area contributed by atoms with Gasteiger partial charge in [-0.3, -0.25) is 0 Å². The van der Waals surface area contributed by atoms with E-state index in [1.807, 2.05) is 6.92 Å². The van der Waals surface area contributed by atoms with Crippen molar-refractivity contribution in [3.8, 4) is 0 Å². The molecule has 0 radical (unpaired) electrons. The largest absolute Gasteiger partial charge is 0.467 e. The van der Waals surface area contributed by atoms with Crippen LogP contribution in [0, 0.1) is 0 Å². The lowest BCUT2D eigenvalue weighted by Crippen LogP contribution is -2.20. The first-order chi connectivity index (χ1) is 9.61. The summed E-state index contributed by atoms with van der Waals surface area (Å²) in [6, 6.07) is 3.48. The van der Waals surface area contributed by atoms with Gasteiger partial charge < -0.3 is 20.2 Å². The molecule has 0 aliphatic heterocycles. The molecule has 0 fully saturated rings. The maximum atomic E-state index is 10.0. The van der Waals surface area contributed by atoms with E-state index in [4.69, 9.17) is 16.0 Å². The van der Waals surface area contributed by atoms with Gasteiger partial charge in [-0.1, -0.05) is 11.6 Å². The van der Waals surface area contributed by atoms with Crippen LogP contribution in [0.25, 0.3) is 0 Å². The van der Waals surface area contributed by atoms with E-state index in [0.717, 1.165) is 0 Å². The summed E-state index contributed by atoms with van der Waals surface area (Å²) in [6.07, 6.45) is 2.75. The maximum Gasteiger partial charge on any atom is 0.157 e. The zero-order chi connectivity index (χ0) is 14.5. The molecule has 0 aromatic carbocycles. The number of rotatable bonds is 6. The minimum Gasteiger partial charge on any atom is -0.467 e. The molecule has 2 aromatic heterocycles. The summed E-state index contributed by atoms with van der Waals surface area (Å²) in [5.41, 5.74) is 0.633. The van der Waals surface area contributed by atoms with E-state index in [9.17, 15) is 5.11 Å². The second-order valence-electron chi connectivity index (χ2n) is 4.45. The molecule has 108 valence electrons. The Labute approximate surface area is 122 Å². The molecule has 2 heterocycles. The number of aliphatic hydroxyl groups is 1. The van der Waals surface area contributed by atoms with Gasteiger partial charge in [-0.2, -0.15) is 0 Å². The number of nitrogens with zero attached hydrogens (tertiary/aromatic N) is 2. The average Bonchev–Trinajstić information content (AvgIpc) is 2.92. The van der Waals surface area contributed by atoms with Gasteiger partial charge in [-0.05, 0) is 19.1 Å². The number of aromatic nitrogens is 2. The molecular formula is C13H17ClN4O2. The van der Waals surface area contributed by atoms with Crippen LogP contribution >= 0.6 is 11.6 Å². The molecule has 2 unspecified atom stereocenters. The van der Waals surface area contributed by atoms with Crippen LogP contribution in [0.15, 0.2) is 29.1 Å². The molecule has 0 saturated carbocycles. The van der Waals surface area contributed by atoms with Crippen molar-refractivity contribution < 1.29 is 9.52 Å². The smallest absolute Gasteiger partial charge is 0.157 e. The molecule has 2 aromatic rings. The lowest BCUT2D eigenvalue weighted by atomic mass is 10.1. The van der Waals surface area contributed by atoms with Crippen molar-refractivity contribution in [2.24, 2.45) is 0 Å². The highest BCUT2D eigenvalue weighted by Gasteiger charge is 2.17. The van der Waals surface area contributed by atoms with Gasteiger partial charge >= 0.3 is 0 Å². The van der Waals surface area contributed by atoms with Crippen molar-refractivity contribution in [1.82, 2.24) is 9.97 Å². The van der Waals surface area contributed by atoms with Crippen molar-refractivity contribution in [2.45, 2.75) is 25.5 Å². The third-order valence-electron chi connectivity index (χ3n) is 2.88. The van der Waals surface area contributed by atoms with Crippen molar-refractivity contribution in [3.05, 3.63) is 35.6 Å². The van der Waals surface area contributed by atoms with Gasteiger partial charge in [0.15, 0.2) is 11.0 Å². The normalized spacial score (nSPS) is 13.8. The molecule has 0 bridgehead atoms. The summed E-state index contributed by atoms with van der Waals surface area (Å²) in [7, 11) is 1.75. The van der Waals surface area contributed by atoms with E-state index in [1.54, 1.807) is 25.4 Å². The molecule has 0 aliphatic carbocycles. The summed E-state index contributed by atoms with van der Waals surface area (Å²) < 4.78 is 5.17. The van der Waals surface area contributed by atoms with E-state index >= 15 is 0 Å². The van der Waals surface area contributed by atoms with Crippen molar-refractivity contribution in [2.75, 3.05) is 17.7 Å². The van der Waals surface area contributed by atoms with Gasteiger partial charge in [0.05, 0.1) is 6.26 Å². The molecule has 2 atom stereocenters. The number of aliphatic hydroxyl groups excluding tert-OH is 1. The Kier molecular flexibility index (Phi) is 4.81. The Morgan fingerprint density at radius 3 is 2.90 bits per heavy atom. The highest BCUT2D eigenvalue weighted by atomic mass is 35.5. The fourth-order valence-electron chi connectivity index (χ4n) is 1.92. The number of hydrogen-bond donors (Lipinski definition) is 3. The van der Waals surface area contributed by atoms with Crippen LogP contribution in [-0.2, 0) is 0 Å². The highest BCUT2D eigenvalue weighted by molar-refractivity contribution is 6.32. The average molecular weight is 297 g/mol. The quantitative estimate of drug-likeness (QED) is 0.711. The minimum absolute atomic E-state index is 0.0202.